The fraction of sp³-hybridized carbons (Fsp3) is 0.364. The first-order valence-corrected chi connectivity index (χ1v) is 4.98. The first-order chi connectivity index (χ1) is 8.13. The van der Waals surface area contributed by atoms with E-state index in [2.05, 4.69) is 5.32 Å². The summed E-state index contributed by atoms with van der Waals surface area (Å²) in [6.07, 6.45) is 0. The lowest BCUT2D eigenvalue weighted by Crippen LogP contribution is -2.26. The van der Waals surface area contributed by atoms with Crippen molar-refractivity contribution in [3.8, 4) is 17.2 Å². The smallest absolute Gasteiger partial charge is 0.251 e. The van der Waals surface area contributed by atoms with Gasteiger partial charge >= 0.3 is 0 Å². The summed E-state index contributed by atoms with van der Waals surface area (Å²) in [5, 5.41) is 20.7. The number of hydrogen-bond acceptors (Lipinski definition) is 5. The summed E-state index contributed by atoms with van der Waals surface area (Å²) in [7, 11) is 2.76. The zero-order valence-electron chi connectivity index (χ0n) is 9.69. The summed E-state index contributed by atoms with van der Waals surface area (Å²) in [4.78, 5) is 11.6. The molecule has 0 aliphatic rings. The monoisotopic (exact) mass is 241 g/mol. The van der Waals surface area contributed by atoms with Crippen molar-refractivity contribution in [2.45, 2.75) is 0 Å². The lowest BCUT2D eigenvalue weighted by atomic mass is 10.1. The first kappa shape index (κ1) is 13.1. The topological polar surface area (TPSA) is 88.0 Å². The van der Waals surface area contributed by atoms with Crippen molar-refractivity contribution in [3.05, 3.63) is 17.7 Å². The van der Waals surface area contributed by atoms with E-state index in [1.54, 1.807) is 0 Å². The predicted octanol–water partition coefficient (Wildman–Crippen LogP) is 0.131. The van der Waals surface area contributed by atoms with Crippen LogP contribution in [0.3, 0.4) is 0 Å². The normalized spacial score (nSPS) is 9.82. The number of aliphatic hydroxyl groups is 1. The van der Waals surface area contributed by atoms with E-state index < -0.39 is 0 Å². The van der Waals surface area contributed by atoms with Crippen LogP contribution in [0.25, 0.3) is 0 Å². The van der Waals surface area contributed by atoms with E-state index in [1.807, 2.05) is 0 Å². The maximum atomic E-state index is 11.6. The molecular formula is C11H15NO5. The molecule has 0 bridgehead atoms. The highest BCUT2D eigenvalue weighted by Gasteiger charge is 2.15. The van der Waals surface area contributed by atoms with Crippen molar-refractivity contribution < 1.29 is 24.5 Å². The van der Waals surface area contributed by atoms with Gasteiger partial charge in [0.1, 0.15) is 0 Å². The number of rotatable bonds is 5. The van der Waals surface area contributed by atoms with Crippen LogP contribution in [0.4, 0.5) is 0 Å². The Hall–Kier alpha value is -1.95. The fourth-order valence-corrected chi connectivity index (χ4v) is 1.30. The predicted molar refractivity (Wildman–Crippen MR) is 60.6 cm³/mol. The summed E-state index contributed by atoms with van der Waals surface area (Å²) in [6, 6.07) is 2.79. The van der Waals surface area contributed by atoms with Crippen LogP contribution in [0.2, 0.25) is 0 Å². The van der Waals surface area contributed by atoms with E-state index in [9.17, 15) is 9.90 Å². The molecule has 17 heavy (non-hydrogen) atoms. The minimum Gasteiger partial charge on any atom is -0.502 e. The average molecular weight is 241 g/mol. The summed E-state index contributed by atoms with van der Waals surface area (Å²) >= 11 is 0. The summed E-state index contributed by atoms with van der Waals surface area (Å²) < 4.78 is 9.85. The number of phenolic OH excluding ortho intramolecular Hbond substituents is 1. The van der Waals surface area contributed by atoms with Gasteiger partial charge in [0, 0.05) is 12.1 Å². The Bertz CT molecular complexity index is 380. The van der Waals surface area contributed by atoms with Crippen LogP contribution in [-0.2, 0) is 0 Å². The molecule has 3 N–H and O–H groups in total. The van der Waals surface area contributed by atoms with Gasteiger partial charge in [0.05, 0.1) is 20.8 Å². The van der Waals surface area contributed by atoms with Gasteiger partial charge in [-0.1, -0.05) is 0 Å². The van der Waals surface area contributed by atoms with Crippen LogP contribution in [-0.4, -0.2) is 43.5 Å². The van der Waals surface area contributed by atoms with Crippen LogP contribution in [0.1, 0.15) is 10.4 Å². The standard InChI is InChI=1S/C11H15NO5/c1-16-8-5-7(11(15)12-3-4-13)6-9(17-2)10(8)14/h5-6,13-14H,3-4H2,1-2H3,(H,12,15). The van der Waals surface area contributed by atoms with E-state index in [0.29, 0.717) is 0 Å². The third kappa shape index (κ3) is 3.01. The minimum atomic E-state index is -0.379. The lowest BCUT2D eigenvalue weighted by molar-refractivity contribution is 0.0944. The molecule has 0 aromatic heterocycles. The zero-order chi connectivity index (χ0) is 12.8. The number of phenols is 1. The van der Waals surface area contributed by atoms with Crippen molar-refractivity contribution >= 4 is 5.91 Å². The molecule has 0 aliphatic heterocycles. The Kier molecular flexibility index (Phi) is 4.59. The summed E-state index contributed by atoms with van der Waals surface area (Å²) in [5.41, 5.74) is 0.282. The Morgan fingerprint density at radius 3 is 2.24 bits per heavy atom. The number of amides is 1. The Balaban J connectivity index is 3.04. The molecule has 1 aromatic rings. The van der Waals surface area contributed by atoms with Gasteiger partial charge in [-0.2, -0.15) is 0 Å². The molecule has 94 valence electrons. The van der Waals surface area contributed by atoms with Crippen LogP contribution in [0, 0.1) is 0 Å². The third-order valence-electron chi connectivity index (χ3n) is 2.14. The number of carbonyl (C=O) groups is 1. The van der Waals surface area contributed by atoms with Gasteiger partial charge in [-0.25, -0.2) is 0 Å². The molecule has 1 amide bonds. The molecular weight excluding hydrogens is 226 g/mol. The van der Waals surface area contributed by atoms with Gasteiger partial charge in [-0.3, -0.25) is 4.79 Å². The number of benzene rings is 1. The molecule has 0 radical (unpaired) electrons. The molecule has 0 saturated carbocycles. The van der Waals surface area contributed by atoms with E-state index in [0.717, 1.165) is 0 Å². The maximum absolute atomic E-state index is 11.6. The number of hydrogen-bond donors (Lipinski definition) is 3. The number of aliphatic hydroxyl groups excluding tert-OH is 1. The van der Waals surface area contributed by atoms with Gasteiger partial charge in [0.15, 0.2) is 11.5 Å². The van der Waals surface area contributed by atoms with Gasteiger partial charge in [-0.05, 0) is 12.1 Å². The molecule has 1 rings (SSSR count). The van der Waals surface area contributed by atoms with Gasteiger partial charge in [-0.15, -0.1) is 0 Å². The van der Waals surface area contributed by atoms with Crippen molar-refractivity contribution in [2.75, 3.05) is 27.4 Å². The number of methoxy groups -OCH3 is 2. The largest absolute Gasteiger partial charge is 0.502 e. The molecule has 6 heteroatoms. The molecule has 0 heterocycles. The van der Waals surface area contributed by atoms with E-state index in [1.165, 1.54) is 26.4 Å². The second-order valence-corrected chi connectivity index (χ2v) is 3.21. The van der Waals surface area contributed by atoms with Crippen molar-refractivity contribution in [1.29, 1.82) is 0 Å². The van der Waals surface area contributed by atoms with Crippen molar-refractivity contribution in [2.24, 2.45) is 0 Å². The molecule has 0 fully saturated rings. The van der Waals surface area contributed by atoms with E-state index in [-0.39, 0.29) is 41.9 Å². The fourth-order valence-electron chi connectivity index (χ4n) is 1.30. The van der Waals surface area contributed by atoms with Crippen LogP contribution in [0.5, 0.6) is 17.2 Å². The highest BCUT2D eigenvalue weighted by atomic mass is 16.5. The second kappa shape index (κ2) is 5.95. The summed E-state index contributed by atoms with van der Waals surface area (Å²) in [5.74, 6) is -0.235. The SMILES string of the molecule is COc1cc(C(=O)NCCO)cc(OC)c1O. The maximum Gasteiger partial charge on any atom is 0.251 e. The van der Waals surface area contributed by atoms with E-state index >= 15 is 0 Å². The Labute approximate surface area is 98.8 Å². The average Bonchev–Trinajstić information content (AvgIpc) is 2.36. The zero-order valence-corrected chi connectivity index (χ0v) is 9.69. The quantitative estimate of drug-likeness (QED) is 0.682. The molecule has 0 unspecified atom stereocenters. The van der Waals surface area contributed by atoms with Crippen LogP contribution in [0.15, 0.2) is 12.1 Å². The molecule has 0 spiro atoms. The third-order valence-corrected chi connectivity index (χ3v) is 2.14. The highest BCUT2D eigenvalue weighted by molar-refractivity contribution is 5.95. The molecule has 6 nitrogen and oxygen atoms in total. The van der Waals surface area contributed by atoms with Gasteiger partial charge in [0.2, 0.25) is 5.75 Å². The first-order valence-electron chi connectivity index (χ1n) is 4.98. The second-order valence-electron chi connectivity index (χ2n) is 3.21. The minimum absolute atomic E-state index is 0.141. The van der Waals surface area contributed by atoms with Crippen molar-refractivity contribution in [1.82, 2.24) is 5.32 Å². The lowest BCUT2D eigenvalue weighted by Gasteiger charge is -2.11. The van der Waals surface area contributed by atoms with Crippen LogP contribution < -0.4 is 14.8 Å². The summed E-state index contributed by atoms with van der Waals surface area (Å²) in [6.45, 7) is 0.0163. The van der Waals surface area contributed by atoms with Gasteiger partial charge < -0.3 is 25.0 Å². The molecule has 0 aliphatic carbocycles. The Morgan fingerprint density at radius 1 is 1.29 bits per heavy atom. The molecule has 0 saturated heterocycles. The van der Waals surface area contributed by atoms with E-state index in [4.69, 9.17) is 14.6 Å². The van der Waals surface area contributed by atoms with Gasteiger partial charge in [0.25, 0.3) is 5.91 Å². The molecule has 1 aromatic carbocycles. The Morgan fingerprint density at radius 2 is 1.82 bits per heavy atom. The number of carbonyl (C=O) groups excluding carboxylic acids is 1. The van der Waals surface area contributed by atoms with Crippen molar-refractivity contribution in [3.63, 3.8) is 0 Å². The number of aromatic hydroxyl groups is 1. The molecule has 0 atom stereocenters. The highest BCUT2D eigenvalue weighted by Crippen LogP contribution is 2.36. The number of ether oxygens (including phenoxy) is 2. The van der Waals surface area contributed by atoms with Crippen LogP contribution >= 0.6 is 0 Å². The number of nitrogens with one attached hydrogen (secondary N) is 1.